The zero-order valence-electron chi connectivity index (χ0n) is 11.6. The van der Waals surface area contributed by atoms with Gasteiger partial charge in [-0.3, -0.25) is 14.6 Å². The number of carboxylic acid groups (broad SMARTS) is 1. The van der Waals surface area contributed by atoms with E-state index in [2.05, 4.69) is 14.7 Å². The van der Waals surface area contributed by atoms with Crippen LogP contribution in [0.5, 0.6) is 0 Å². The van der Waals surface area contributed by atoms with Crippen molar-refractivity contribution < 1.29 is 9.90 Å². The van der Waals surface area contributed by atoms with Gasteiger partial charge in [0.25, 0.3) is 0 Å². The lowest BCUT2D eigenvalue weighted by atomic mass is 9.83. The lowest BCUT2D eigenvalue weighted by Gasteiger charge is -2.49. The summed E-state index contributed by atoms with van der Waals surface area (Å²) in [6.07, 6.45) is 3.83. The van der Waals surface area contributed by atoms with Crippen LogP contribution in [0.4, 0.5) is 0 Å². The number of hydrogen-bond donors (Lipinski definition) is 1. The normalized spacial score (nSPS) is 37.2. The summed E-state index contributed by atoms with van der Waals surface area (Å²) in [6.45, 7) is 8.06. The first-order valence-corrected chi connectivity index (χ1v) is 7.63. The number of aliphatic carboxylic acids is 1. The molecule has 0 aromatic heterocycles. The standard InChI is InChI=1S/C14H25N3O2/c18-14(19)11-15-4-1-5-17(9-8-15)13-10-16-6-2-12(13)3-7-16/h12-13H,1-11H2,(H,18,19). The topological polar surface area (TPSA) is 47.0 Å². The van der Waals surface area contributed by atoms with Crippen molar-refractivity contribution in [1.82, 2.24) is 14.7 Å². The Kier molecular flexibility index (Phi) is 4.05. The molecule has 4 saturated heterocycles. The van der Waals surface area contributed by atoms with E-state index in [1.165, 1.54) is 32.5 Å². The minimum atomic E-state index is -0.698. The molecule has 1 unspecified atom stereocenters. The molecule has 0 amide bonds. The van der Waals surface area contributed by atoms with Crippen molar-refractivity contribution in [3.63, 3.8) is 0 Å². The van der Waals surface area contributed by atoms with Crippen LogP contribution in [0.15, 0.2) is 0 Å². The van der Waals surface area contributed by atoms with Crippen LogP contribution in [-0.2, 0) is 4.79 Å². The van der Waals surface area contributed by atoms with Gasteiger partial charge in [-0.25, -0.2) is 0 Å². The number of piperidine rings is 3. The molecule has 0 aliphatic carbocycles. The van der Waals surface area contributed by atoms with Gasteiger partial charge < -0.3 is 10.0 Å². The Morgan fingerprint density at radius 3 is 2.47 bits per heavy atom. The number of rotatable bonds is 3. The van der Waals surface area contributed by atoms with Crippen molar-refractivity contribution in [2.75, 3.05) is 52.4 Å². The maximum absolute atomic E-state index is 10.8. The Bertz CT molecular complexity index is 329. The number of hydrogen-bond acceptors (Lipinski definition) is 4. The number of carbonyl (C=O) groups is 1. The fourth-order valence-electron chi connectivity index (χ4n) is 4.02. The van der Waals surface area contributed by atoms with Gasteiger partial charge in [0.1, 0.15) is 0 Å². The average molecular weight is 267 g/mol. The third-order valence-corrected chi connectivity index (χ3v) is 5.07. The van der Waals surface area contributed by atoms with Gasteiger partial charge in [-0.05, 0) is 44.8 Å². The minimum Gasteiger partial charge on any atom is -0.480 e. The molecule has 4 fully saturated rings. The van der Waals surface area contributed by atoms with Crippen LogP contribution in [0, 0.1) is 5.92 Å². The van der Waals surface area contributed by atoms with E-state index in [0.29, 0.717) is 0 Å². The second-order valence-corrected chi connectivity index (χ2v) is 6.26. The fourth-order valence-corrected chi connectivity index (χ4v) is 4.02. The van der Waals surface area contributed by atoms with Gasteiger partial charge in [-0.2, -0.15) is 0 Å². The second kappa shape index (κ2) is 5.77. The van der Waals surface area contributed by atoms with Gasteiger partial charge in [-0.15, -0.1) is 0 Å². The summed E-state index contributed by atoms with van der Waals surface area (Å²) in [4.78, 5) is 18.1. The van der Waals surface area contributed by atoms with Crippen LogP contribution < -0.4 is 0 Å². The molecule has 1 N–H and O–H groups in total. The third-order valence-electron chi connectivity index (χ3n) is 5.07. The Labute approximate surface area is 115 Å². The Morgan fingerprint density at radius 2 is 1.84 bits per heavy atom. The smallest absolute Gasteiger partial charge is 0.317 e. The van der Waals surface area contributed by atoms with Crippen molar-refractivity contribution in [3.05, 3.63) is 0 Å². The van der Waals surface area contributed by atoms with Crippen molar-refractivity contribution in [3.8, 4) is 0 Å². The molecule has 108 valence electrons. The van der Waals surface area contributed by atoms with Crippen molar-refractivity contribution in [1.29, 1.82) is 0 Å². The average Bonchev–Trinajstić information content (AvgIpc) is 2.65. The number of carboxylic acids is 1. The SMILES string of the molecule is O=C(O)CN1CCCN(C2CN3CCC2CC3)CC1. The van der Waals surface area contributed by atoms with Crippen molar-refractivity contribution in [2.45, 2.75) is 25.3 Å². The summed E-state index contributed by atoms with van der Waals surface area (Å²) in [5.41, 5.74) is 0. The highest BCUT2D eigenvalue weighted by Crippen LogP contribution is 2.31. The minimum absolute atomic E-state index is 0.202. The molecular formula is C14H25N3O2. The molecule has 1 atom stereocenters. The zero-order valence-corrected chi connectivity index (χ0v) is 11.6. The van der Waals surface area contributed by atoms with Crippen LogP contribution in [0.25, 0.3) is 0 Å². The van der Waals surface area contributed by atoms with Crippen LogP contribution in [-0.4, -0.2) is 84.2 Å². The van der Waals surface area contributed by atoms with E-state index in [9.17, 15) is 4.79 Å². The van der Waals surface area contributed by atoms with Crippen LogP contribution in [0.3, 0.4) is 0 Å². The first-order valence-electron chi connectivity index (χ1n) is 7.63. The molecule has 4 aliphatic heterocycles. The van der Waals surface area contributed by atoms with Gasteiger partial charge in [-0.1, -0.05) is 0 Å². The van der Waals surface area contributed by atoms with Crippen LogP contribution in [0.2, 0.25) is 0 Å². The summed E-state index contributed by atoms with van der Waals surface area (Å²) in [7, 11) is 0. The quantitative estimate of drug-likeness (QED) is 0.790. The Morgan fingerprint density at radius 1 is 1.05 bits per heavy atom. The van der Waals surface area contributed by atoms with Crippen LogP contribution in [0.1, 0.15) is 19.3 Å². The summed E-state index contributed by atoms with van der Waals surface area (Å²) in [5.74, 6) is 0.187. The second-order valence-electron chi connectivity index (χ2n) is 6.26. The van der Waals surface area contributed by atoms with Gasteiger partial charge in [0.2, 0.25) is 0 Å². The molecule has 19 heavy (non-hydrogen) atoms. The van der Waals surface area contributed by atoms with Gasteiger partial charge in [0, 0.05) is 32.2 Å². The summed E-state index contributed by atoms with van der Waals surface area (Å²) in [6, 6.07) is 0.729. The summed E-state index contributed by atoms with van der Waals surface area (Å²) in [5, 5.41) is 8.90. The van der Waals surface area contributed by atoms with Crippen LogP contribution >= 0.6 is 0 Å². The Balaban J connectivity index is 1.56. The molecule has 4 heterocycles. The van der Waals surface area contributed by atoms with E-state index >= 15 is 0 Å². The van der Waals surface area contributed by atoms with Gasteiger partial charge in [0.15, 0.2) is 0 Å². The molecule has 5 heteroatoms. The molecular weight excluding hydrogens is 242 g/mol. The van der Waals surface area contributed by atoms with E-state index in [1.807, 2.05) is 0 Å². The molecule has 0 aromatic carbocycles. The lowest BCUT2D eigenvalue weighted by molar-refractivity contribution is -0.138. The van der Waals surface area contributed by atoms with E-state index in [0.717, 1.165) is 44.6 Å². The molecule has 4 aliphatic rings. The van der Waals surface area contributed by atoms with Gasteiger partial charge in [0.05, 0.1) is 6.54 Å². The maximum Gasteiger partial charge on any atom is 0.317 e. The molecule has 0 spiro atoms. The third kappa shape index (κ3) is 3.09. The van der Waals surface area contributed by atoms with Gasteiger partial charge >= 0.3 is 5.97 Å². The predicted octanol–water partition coefficient (Wildman–Crippen LogP) is 0.173. The number of fused-ring (bicyclic) bond motifs is 3. The van der Waals surface area contributed by atoms with E-state index in [4.69, 9.17) is 5.11 Å². The molecule has 0 saturated carbocycles. The van der Waals surface area contributed by atoms with E-state index in [1.54, 1.807) is 0 Å². The lowest BCUT2D eigenvalue weighted by Crippen LogP contribution is -2.57. The molecule has 0 aromatic rings. The summed E-state index contributed by atoms with van der Waals surface area (Å²) >= 11 is 0. The van der Waals surface area contributed by atoms with Crippen molar-refractivity contribution >= 4 is 5.97 Å². The van der Waals surface area contributed by atoms with E-state index < -0.39 is 5.97 Å². The first-order chi connectivity index (χ1) is 9.22. The highest BCUT2D eigenvalue weighted by Gasteiger charge is 2.37. The Hall–Kier alpha value is -0.650. The zero-order chi connectivity index (χ0) is 13.2. The highest BCUT2D eigenvalue weighted by atomic mass is 16.4. The van der Waals surface area contributed by atoms with E-state index in [-0.39, 0.29) is 6.54 Å². The highest BCUT2D eigenvalue weighted by molar-refractivity contribution is 5.69. The predicted molar refractivity (Wildman–Crippen MR) is 73.2 cm³/mol. The largest absolute Gasteiger partial charge is 0.480 e. The molecule has 5 nitrogen and oxygen atoms in total. The monoisotopic (exact) mass is 267 g/mol. The fraction of sp³-hybridized carbons (Fsp3) is 0.929. The molecule has 0 radical (unpaired) electrons. The number of nitrogens with zero attached hydrogens (tertiary/aromatic N) is 3. The summed E-state index contributed by atoms with van der Waals surface area (Å²) < 4.78 is 0. The molecule has 2 bridgehead atoms. The first kappa shape index (κ1) is 13.3. The molecule has 4 rings (SSSR count). The maximum atomic E-state index is 10.8. The van der Waals surface area contributed by atoms with Crippen molar-refractivity contribution in [2.24, 2.45) is 5.92 Å².